The van der Waals surface area contributed by atoms with Gasteiger partial charge in [-0.3, -0.25) is 9.59 Å². The van der Waals surface area contributed by atoms with E-state index in [1.807, 2.05) is 54.6 Å². The molecule has 3 N–H and O–H groups in total. The summed E-state index contributed by atoms with van der Waals surface area (Å²) in [7, 11) is 1.51. The Morgan fingerprint density at radius 3 is 2.43 bits per heavy atom. The second-order valence-corrected chi connectivity index (χ2v) is 8.52. The second-order valence-electron chi connectivity index (χ2n) is 8.52. The second kappa shape index (κ2) is 10.4. The molecule has 4 aromatic carbocycles. The first kappa shape index (κ1) is 23.8. The number of hydrogen-bond donors (Lipinski definition) is 2. The van der Waals surface area contributed by atoms with Crippen LogP contribution >= 0.6 is 0 Å². The number of aromatic nitrogens is 1. The summed E-state index contributed by atoms with van der Waals surface area (Å²) in [6.45, 7) is 0.0200. The summed E-state index contributed by atoms with van der Waals surface area (Å²) in [5, 5.41) is 5.97. The van der Waals surface area contributed by atoms with E-state index in [1.54, 1.807) is 18.2 Å². The van der Waals surface area contributed by atoms with Gasteiger partial charge in [0.05, 0.1) is 23.9 Å². The molecule has 0 aliphatic rings. The predicted molar refractivity (Wildman–Crippen MR) is 144 cm³/mol. The van der Waals surface area contributed by atoms with Crippen molar-refractivity contribution in [3.05, 3.63) is 102 Å². The van der Waals surface area contributed by atoms with Crippen LogP contribution in [0.3, 0.4) is 0 Å². The van der Waals surface area contributed by atoms with Crippen molar-refractivity contribution in [2.45, 2.75) is 6.54 Å². The van der Waals surface area contributed by atoms with E-state index in [1.165, 1.54) is 7.11 Å². The number of para-hydroxylation sites is 1. The summed E-state index contributed by atoms with van der Waals surface area (Å²) in [5.41, 5.74) is 8.96. The fourth-order valence-corrected chi connectivity index (χ4v) is 4.32. The highest BCUT2D eigenvalue weighted by Crippen LogP contribution is 2.31. The molecular formula is C30H25N3O4. The number of nitrogens with two attached hydrogens (primary N) is 1. The molecule has 0 radical (unpaired) electrons. The van der Waals surface area contributed by atoms with E-state index in [-0.39, 0.29) is 19.1 Å². The molecule has 0 aliphatic heterocycles. The number of primary amides is 1. The maximum absolute atomic E-state index is 13.4. The highest BCUT2D eigenvalue weighted by Gasteiger charge is 2.16. The number of carbonyl (C=O) groups excluding carboxylic acids is 2. The maximum Gasteiger partial charge on any atom is 0.255 e. The summed E-state index contributed by atoms with van der Waals surface area (Å²) < 4.78 is 10.7. The van der Waals surface area contributed by atoms with E-state index in [9.17, 15) is 9.59 Å². The number of hydrogen-bond acceptors (Lipinski definition) is 5. The molecule has 0 bridgehead atoms. The molecule has 184 valence electrons. The number of rotatable bonds is 8. The molecule has 0 atom stereocenters. The third-order valence-electron chi connectivity index (χ3n) is 6.08. The van der Waals surface area contributed by atoms with Crippen LogP contribution < -0.4 is 20.5 Å². The summed E-state index contributed by atoms with van der Waals surface area (Å²) in [4.78, 5) is 29.3. The third-order valence-corrected chi connectivity index (χ3v) is 6.08. The van der Waals surface area contributed by atoms with Gasteiger partial charge in [-0.1, -0.05) is 66.7 Å². The van der Waals surface area contributed by atoms with Gasteiger partial charge in [0.2, 0.25) is 0 Å². The van der Waals surface area contributed by atoms with Gasteiger partial charge in [-0.15, -0.1) is 0 Å². The molecule has 37 heavy (non-hydrogen) atoms. The molecule has 7 heteroatoms. The van der Waals surface area contributed by atoms with E-state index in [4.69, 9.17) is 20.2 Å². The topological polar surface area (TPSA) is 104 Å². The monoisotopic (exact) mass is 491 g/mol. The lowest BCUT2D eigenvalue weighted by Crippen LogP contribution is -2.23. The number of nitrogens with zero attached hydrogens (tertiary/aromatic N) is 1. The quantitative estimate of drug-likeness (QED) is 0.323. The molecule has 0 spiro atoms. The largest absolute Gasteiger partial charge is 0.493 e. The van der Waals surface area contributed by atoms with Crippen molar-refractivity contribution in [3.63, 3.8) is 0 Å². The molecular weight excluding hydrogens is 466 g/mol. The Hall–Kier alpha value is -4.91. The molecule has 7 nitrogen and oxygen atoms in total. The lowest BCUT2D eigenvalue weighted by atomic mass is 9.99. The predicted octanol–water partition coefficient (Wildman–Crippen LogP) is 4.86. The molecule has 1 heterocycles. The molecule has 1 aromatic heterocycles. The van der Waals surface area contributed by atoms with Gasteiger partial charge < -0.3 is 20.5 Å². The highest BCUT2D eigenvalue weighted by molar-refractivity contribution is 6.08. The number of amides is 2. The van der Waals surface area contributed by atoms with Gasteiger partial charge in [-0.05, 0) is 40.6 Å². The normalized spacial score (nSPS) is 10.8. The van der Waals surface area contributed by atoms with E-state index in [0.717, 1.165) is 38.5 Å². The van der Waals surface area contributed by atoms with Crippen LogP contribution in [0, 0.1) is 0 Å². The van der Waals surface area contributed by atoms with Crippen molar-refractivity contribution in [1.82, 2.24) is 10.3 Å². The Kier molecular flexibility index (Phi) is 6.68. The van der Waals surface area contributed by atoms with Crippen molar-refractivity contribution in [2.24, 2.45) is 5.73 Å². The fourth-order valence-electron chi connectivity index (χ4n) is 4.32. The Labute approximate surface area is 213 Å². The molecule has 0 aliphatic carbocycles. The summed E-state index contributed by atoms with van der Waals surface area (Å²) in [6.07, 6.45) is 0. The number of ether oxygens (including phenoxy) is 2. The molecule has 0 saturated heterocycles. The lowest BCUT2D eigenvalue weighted by Gasteiger charge is -2.13. The van der Waals surface area contributed by atoms with Crippen LogP contribution in [0.2, 0.25) is 0 Å². The Bertz CT molecular complexity index is 1630. The minimum absolute atomic E-state index is 0.215. The van der Waals surface area contributed by atoms with Crippen LogP contribution in [0.1, 0.15) is 15.9 Å². The van der Waals surface area contributed by atoms with Crippen molar-refractivity contribution >= 4 is 33.5 Å². The molecule has 5 aromatic rings. The van der Waals surface area contributed by atoms with Crippen LogP contribution in [0.25, 0.3) is 32.9 Å². The number of nitrogens with one attached hydrogen (secondary N) is 1. The average Bonchev–Trinajstić information content (AvgIpc) is 2.94. The number of methoxy groups -OCH3 is 1. The minimum atomic E-state index is -0.578. The van der Waals surface area contributed by atoms with E-state index in [2.05, 4.69) is 23.5 Å². The zero-order valence-corrected chi connectivity index (χ0v) is 20.2. The Morgan fingerprint density at radius 1 is 0.865 bits per heavy atom. The fraction of sp³-hybridized carbons (Fsp3) is 0.100. The van der Waals surface area contributed by atoms with Gasteiger partial charge >= 0.3 is 0 Å². The van der Waals surface area contributed by atoms with Crippen molar-refractivity contribution in [2.75, 3.05) is 13.7 Å². The molecule has 5 rings (SSSR count). The van der Waals surface area contributed by atoms with Crippen LogP contribution in [0.4, 0.5) is 0 Å². The molecule has 0 saturated carbocycles. The number of carbonyl (C=O) groups is 2. The van der Waals surface area contributed by atoms with Crippen molar-refractivity contribution in [1.29, 1.82) is 0 Å². The van der Waals surface area contributed by atoms with Gasteiger partial charge in [0, 0.05) is 17.5 Å². The smallest absolute Gasteiger partial charge is 0.255 e. The standard InChI is InChI=1S/C30H25N3O4/c1-36-28-15-19(13-14-27(28)37-18-29(31)34)17-32-30(35)24-16-26(33-25-12-5-4-10-23(24)25)22-11-6-8-20-7-2-3-9-21(20)22/h2-16H,17-18H2,1H3,(H2,31,34)(H,32,35). The first-order valence-corrected chi connectivity index (χ1v) is 11.8. The van der Waals surface area contributed by atoms with Gasteiger partial charge in [-0.2, -0.15) is 0 Å². The number of benzene rings is 4. The van der Waals surface area contributed by atoms with Gasteiger partial charge in [0.1, 0.15) is 0 Å². The Balaban J connectivity index is 1.45. The average molecular weight is 492 g/mol. The molecule has 2 amide bonds. The van der Waals surface area contributed by atoms with Crippen LogP contribution in [0.15, 0.2) is 91.0 Å². The van der Waals surface area contributed by atoms with E-state index < -0.39 is 5.91 Å². The first-order chi connectivity index (χ1) is 18.0. The van der Waals surface area contributed by atoms with E-state index >= 15 is 0 Å². The summed E-state index contributed by atoms with van der Waals surface area (Å²) in [5.74, 6) is 0.0517. The van der Waals surface area contributed by atoms with Crippen LogP contribution in [0.5, 0.6) is 11.5 Å². The lowest BCUT2D eigenvalue weighted by molar-refractivity contribution is -0.119. The van der Waals surface area contributed by atoms with E-state index in [0.29, 0.717) is 17.1 Å². The number of fused-ring (bicyclic) bond motifs is 2. The SMILES string of the molecule is COc1cc(CNC(=O)c2cc(-c3cccc4ccccc34)nc3ccccc23)ccc1OCC(N)=O. The summed E-state index contributed by atoms with van der Waals surface area (Å²) in [6, 6.07) is 28.9. The number of pyridine rings is 1. The van der Waals surface area contributed by atoms with Gasteiger partial charge in [-0.25, -0.2) is 4.98 Å². The zero-order chi connectivity index (χ0) is 25.8. The minimum Gasteiger partial charge on any atom is -0.493 e. The first-order valence-electron chi connectivity index (χ1n) is 11.8. The Morgan fingerprint density at radius 2 is 1.62 bits per heavy atom. The van der Waals surface area contributed by atoms with Gasteiger partial charge in [0.15, 0.2) is 18.1 Å². The zero-order valence-electron chi connectivity index (χ0n) is 20.2. The maximum atomic E-state index is 13.4. The van der Waals surface area contributed by atoms with Crippen LogP contribution in [-0.4, -0.2) is 30.5 Å². The van der Waals surface area contributed by atoms with Crippen molar-refractivity contribution in [3.8, 4) is 22.8 Å². The van der Waals surface area contributed by atoms with Crippen LogP contribution in [-0.2, 0) is 11.3 Å². The summed E-state index contributed by atoms with van der Waals surface area (Å²) >= 11 is 0. The van der Waals surface area contributed by atoms with Crippen molar-refractivity contribution < 1.29 is 19.1 Å². The molecule has 0 fully saturated rings. The molecule has 0 unspecified atom stereocenters. The third kappa shape index (κ3) is 5.06. The highest BCUT2D eigenvalue weighted by atomic mass is 16.5. The van der Waals surface area contributed by atoms with Gasteiger partial charge in [0.25, 0.3) is 11.8 Å².